The van der Waals surface area contributed by atoms with Crippen LogP contribution in [0.1, 0.15) is 18.9 Å². The Balaban J connectivity index is 2.59. The van der Waals surface area contributed by atoms with Gasteiger partial charge in [0.2, 0.25) is 0 Å². The number of carbonyl (C=O) groups is 1. The van der Waals surface area contributed by atoms with E-state index in [2.05, 4.69) is 10.6 Å². The summed E-state index contributed by atoms with van der Waals surface area (Å²) in [5.74, 6) is 0. The molecule has 0 fully saturated rings. The number of aliphatic hydroxyl groups excluding tert-OH is 1. The molecule has 0 aromatic heterocycles. The van der Waals surface area contributed by atoms with Crippen molar-refractivity contribution in [1.29, 1.82) is 0 Å². The van der Waals surface area contributed by atoms with Crippen molar-refractivity contribution in [1.82, 2.24) is 5.32 Å². The lowest BCUT2D eigenvalue weighted by atomic mass is 10.2. The minimum absolute atomic E-state index is 0.00857. The molecule has 0 radical (unpaired) electrons. The summed E-state index contributed by atoms with van der Waals surface area (Å²) in [4.78, 5) is 11.4. The second kappa shape index (κ2) is 7.46. The SMILES string of the molecule is CCCNC(=O)Nc1cccc(C=CCO)c1. The number of benzene rings is 1. The van der Waals surface area contributed by atoms with Crippen LogP contribution in [0.3, 0.4) is 0 Å². The Kier molecular flexibility index (Phi) is 5.82. The standard InChI is InChI=1S/C13H18N2O2/c1-2-8-14-13(17)15-12-7-3-5-11(10-12)6-4-9-16/h3-7,10,16H,2,8-9H2,1H3,(H2,14,15,17). The zero-order valence-corrected chi connectivity index (χ0v) is 9.94. The van der Waals surface area contributed by atoms with Crippen molar-refractivity contribution in [2.24, 2.45) is 0 Å². The number of amides is 2. The smallest absolute Gasteiger partial charge is 0.319 e. The van der Waals surface area contributed by atoms with Gasteiger partial charge in [-0.1, -0.05) is 31.2 Å². The second-order valence-corrected chi connectivity index (χ2v) is 3.59. The van der Waals surface area contributed by atoms with Crippen molar-refractivity contribution in [2.45, 2.75) is 13.3 Å². The monoisotopic (exact) mass is 234 g/mol. The fourth-order valence-electron chi connectivity index (χ4n) is 1.32. The topological polar surface area (TPSA) is 61.4 Å². The highest BCUT2D eigenvalue weighted by Gasteiger charge is 1.99. The van der Waals surface area contributed by atoms with Gasteiger partial charge in [-0.25, -0.2) is 4.79 Å². The lowest BCUT2D eigenvalue weighted by molar-refractivity contribution is 0.252. The highest BCUT2D eigenvalue weighted by Crippen LogP contribution is 2.11. The highest BCUT2D eigenvalue weighted by molar-refractivity contribution is 5.89. The minimum Gasteiger partial charge on any atom is -0.392 e. The molecule has 0 aliphatic carbocycles. The van der Waals surface area contributed by atoms with Crippen molar-refractivity contribution in [3.8, 4) is 0 Å². The molecule has 0 bridgehead atoms. The maximum atomic E-state index is 11.4. The summed E-state index contributed by atoms with van der Waals surface area (Å²) < 4.78 is 0. The summed E-state index contributed by atoms with van der Waals surface area (Å²) >= 11 is 0. The molecule has 4 heteroatoms. The molecular weight excluding hydrogens is 216 g/mol. The van der Waals surface area contributed by atoms with Gasteiger partial charge in [0.25, 0.3) is 0 Å². The van der Waals surface area contributed by atoms with Gasteiger partial charge < -0.3 is 15.7 Å². The number of aliphatic hydroxyl groups is 1. The lowest BCUT2D eigenvalue weighted by Gasteiger charge is -2.07. The van der Waals surface area contributed by atoms with Crippen molar-refractivity contribution in [2.75, 3.05) is 18.5 Å². The van der Waals surface area contributed by atoms with E-state index in [9.17, 15) is 4.79 Å². The summed E-state index contributed by atoms with van der Waals surface area (Å²) in [5.41, 5.74) is 1.67. The molecule has 4 nitrogen and oxygen atoms in total. The van der Waals surface area contributed by atoms with Gasteiger partial charge in [-0.2, -0.15) is 0 Å². The van der Waals surface area contributed by atoms with Crippen molar-refractivity contribution in [3.63, 3.8) is 0 Å². The number of urea groups is 1. The maximum absolute atomic E-state index is 11.4. The normalized spacial score (nSPS) is 10.5. The molecule has 0 unspecified atom stereocenters. The summed E-state index contributed by atoms with van der Waals surface area (Å²) in [6.07, 6.45) is 4.36. The van der Waals surface area contributed by atoms with Crippen LogP contribution in [0.4, 0.5) is 10.5 Å². The molecule has 0 aliphatic heterocycles. The molecule has 2 amide bonds. The van der Waals surface area contributed by atoms with Gasteiger partial charge in [0.1, 0.15) is 0 Å². The van der Waals surface area contributed by atoms with Gasteiger partial charge in [-0.3, -0.25) is 0 Å². The van der Waals surface area contributed by atoms with E-state index in [1.54, 1.807) is 12.2 Å². The van der Waals surface area contributed by atoms with Gasteiger partial charge in [-0.05, 0) is 24.1 Å². The Labute approximate surface area is 101 Å². The summed E-state index contributed by atoms with van der Waals surface area (Å²) in [7, 11) is 0. The average molecular weight is 234 g/mol. The molecule has 0 spiro atoms. The van der Waals surface area contributed by atoms with Crippen molar-refractivity contribution in [3.05, 3.63) is 35.9 Å². The molecule has 0 heterocycles. The van der Waals surface area contributed by atoms with E-state index in [1.165, 1.54) is 0 Å². The Morgan fingerprint density at radius 2 is 2.29 bits per heavy atom. The predicted molar refractivity (Wildman–Crippen MR) is 69.9 cm³/mol. The summed E-state index contributed by atoms with van der Waals surface area (Å²) in [6.45, 7) is 2.67. The van der Waals surface area contributed by atoms with E-state index < -0.39 is 0 Å². The fourth-order valence-corrected chi connectivity index (χ4v) is 1.32. The third-order valence-electron chi connectivity index (χ3n) is 2.10. The molecule has 17 heavy (non-hydrogen) atoms. The second-order valence-electron chi connectivity index (χ2n) is 3.59. The minimum atomic E-state index is -0.199. The Hall–Kier alpha value is -1.81. The van der Waals surface area contributed by atoms with E-state index in [-0.39, 0.29) is 12.6 Å². The molecule has 0 aliphatic rings. The van der Waals surface area contributed by atoms with Gasteiger partial charge in [0, 0.05) is 12.2 Å². The number of anilines is 1. The number of rotatable bonds is 5. The summed E-state index contributed by atoms with van der Waals surface area (Å²) in [6, 6.07) is 7.22. The van der Waals surface area contributed by atoms with E-state index in [1.807, 2.05) is 31.2 Å². The van der Waals surface area contributed by atoms with Crippen LogP contribution in [0.25, 0.3) is 6.08 Å². The fraction of sp³-hybridized carbons (Fsp3) is 0.308. The first-order valence-electron chi connectivity index (χ1n) is 5.68. The van der Waals surface area contributed by atoms with Gasteiger partial charge >= 0.3 is 6.03 Å². The molecule has 3 N–H and O–H groups in total. The third-order valence-corrected chi connectivity index (χ3v) is 2.10. The van der Waals surface area contributed by atoms with Crippen LogP contribution in [0.5, 0.6) is 0 Å². The first-order valence-corrected chi connectivity index (χ1v) is 5.68. The number of hydrogen-bond donors (Lipinski definition) is 3. The Morgan fingerprint density at radius 1 is 1.47 bits per heavy atom. The molecular formula is C13H18N2O2. The van der Waals surface area contributed by atoms with Crippen LogP contribution in [0, 0.1) is 0 Å². The van der Waals surface area contributed by atoms with Crippen molar-refractivity contribution < 1.29 is 9.90 Å². The van der Waals surface area contributed by atoms with Crippen LogP contribution in [-0.2, 0) is 0 Å². The average Bonchev–Trinajstić information content (AvgIpc) is 2.34. The number of hydrogen-bond acceptors (Lipinski definition) is 2. The number of carbonyl (C=O) groups excluding carboxylic acids is 1. The van der Waals surface area contributed by atoms with E-state index in [0.717, 1.165) is 17.7 Å². The molecule has 0 atom stereocenters. The Morgan fingerprint density at radius 3 is 3.00 bits per heavy atom. The van der Waals surface area contributed by atoms with E-state index in [4.69, 9.17) is 5.11 Å². The number of nitrogens with one attached hydrogen (secondary N) is 2. The van der Waals surface area contributed by atoms with E-state index >= 15 is 0 Å². The van der Waals surface area contributed by atoms with Crippen LogP contribution in [0.15, 0.2) is 30.3 Å². The molecule has 92 valence electrons. The first-order chi connectivity index (χ1) is 8.26. The lowest BCUT2D eigenvalue weighted by Crippen LogP contribution is -2.29. The largest absolute Gasteiger partial charge is 0.392 e. The Bertz CT molecular complexity index is 389. The van der Waals surface area contributed by atoms with Crippen LogP contribution in [-0.4, -0.2) is 24.3 Å². The quantitative estimate of drug-likeness (QED) is 0.731. The van der Waals surface area contributed by atoms with Gasteiger partial charge in [0.05, 0.1) is 6.61 Å². The first kappa shape index (κ1) is 13.3. The maximum Gasteiger partial charge on any atom is 0.319 e. The van der Waals surface area contributed by atoms with Crippen LogP contribution >= 0.6 is 0 Å². The van der Waals surface area contributed by atoms with Crippen molar-refractivity contribution >= 4 is 17.8 Å². The zero-order chi connectivity index (χ0) is 12.5. The molecule has 1 aromatic carbocycles. The zero-order valence-electron chi connectivity index (χ0n) is 9.94. The predicted octanol–water partition coefficient (Wildman–Crippen LogP) is 2.22. The highest BCUT2D eigenvalue weighted by atomic mass is 16.2. The van der Waals surface area contributed by atoms with E-state index in [0.29, 0.717) is 6.54 Å². The van der Waals surface area contributed by atoms with Gasteiger partial charge in [-0.15, -0.1) is 0 Å². The molecule has 0 saturated carbocycles. The molecule has 1 aromatic rings. The third kappa shape index (κ3) is 5.17. The molecule has 0 saturated heterocycles. The summed E-state index contributed by atoms with van der Waals surface area (Å²) in [5, 5.41) is 14.2. The molecule has 1 rings (SSSR count). The van der Waals surface area contributed by atoms with Gasteiger partial charge in [0.15, 0.2) is 0 Å². The van der Waals surface area contributed by atoms with Crippen LogP contribution in [0.2, 0.25) is 0 Å². The van der Waals surface area contributed by atoms with Crippen LogP contribution < -0.4 is 10.6 Å².